The molecule has 0 unspecified atom stereocenters. The standard InChI is InChI=1S/C35H36O4/c1-35(2,3)39-33(36)24-38-29-17-14-27(15-18-29)34-31(26-12-8-5-9-13-26)20-16-28-22-30(19-21-32(28)34)37-23-25-10-6-4-7-11-25/h4-15,17-19,21-22,31,34H,16,20,23-24H2,1-3H3/t31-,34+/m1/s1. The number of rotatable bonds is 8. The normalized spacial score (nSPS) is 16.7. The minimum absolute atomic E-state index is 0.110. The first-order valence-corrected chi connectivity index (χ1v) is 13.6. The second-order valence-electron chi connectivity index (χ2n) is 11.1. The van der Waals surface area contributed by atoms with Crippen molar-refractivity contribution in [2.45, 2.75) is 57.7 Å². The summed E-state index contributed by atoms with van der Waals surface area (Å²) in [6.45, 7) is 6.00. The highest BCUT2D eigenvalue weighted by Gasteiger charge is 2.32. The number of carbonyl (C=O) groups is 1. The highest BCUT2D eigenvalue weighted by atomic mass is 16.6. The second kappa shape index (κ2) is 11.8. The summed E-state index contributed by atoms with van der Waals surface area (Å²) in [6, 6.07) is 35.7. The summed E-state index contributed by atoms with van der Waals surface area (Å²) in [5.41, 5.74) is 5.88. The smallest absolute Gasteiger partial charge is 0.344 e. The molecule has 5 rings (SSSR count). The lowest BCUT2D eigenvalue weighted by Gasteiger charge is -2.35. The molecule has 0 N–H and O–H groups in total. The molecule has 0 spiro atoms. The molecule has 4 aromatic carbocycles. The SMILES string of the molecule is CC(C)(C)OC(=O)COc1ccc([C@@H]2c3ccc(OCc4ccccc4)cc3CC[C@@H]2c2ccccc2)cc1. The summed E-state index contributed by atoms with van der Waals surface area (Å²) in [7, 11) is 0. The molecule has 4 heteroatoms. The minimum Gasteiger partial charge on any atom is -0.489 e. The van der Waals surface area contributed by atoms with Crippen molar-refractivity contribution < 1.29 is 19.0 Å². The third-order valence-electron chi connectivity index (χ3n) is 7.07. The van der Waals surface area contributed by atoms with Crippen molar-refractivity contribution in [3.63, 3.8) is 0 Å². The summed E-state index contributed by atoms with van der Waals surface area (Å²) >= 11 is 0. The molecule has 4 nitrogen and oxygen atoms in total. The Morgan fingerprint density at radius 3 is 2.13 bits per heavy atom. The van der Waals surface area contributed by atoms with E-state index in [-0.39, 0.29) is 18.5 Å². The van der Waals surface area contributed by atoms with Gasteiger partial charge in [-0.1, -0.05) is 78.9 Å². The fourth-order valence-corrected chi connectivity index (χ4v) is 5.38. The van der Waals surface area contributed by atoms with Crippen LogP contribution in [-0.4, -0.2) is 18.2 Å². The topological polar surface area (TPSA) is 44.8 Å². The number of hydrogen-bond acceptors (Lipinski definition) is 4. The molecule has 1 aliphatic carbocycles. The van der Waals surface area contributed by atoms with Crippen molar-refractivity contribution in [3.8, 4) is 11.5 Å². The average molecular weight is 521 g/mol. The maximum atomic E-state index is 12.1. The number of esters is 1. The van der Waals surface area contributed by atoms with E-state index in [1.54, 1.807) is 0 Å². The zero-order valence-corrected chi connectivity index (χ0v) is 22.9. The van der Waals surface area contributed by atoms with Gasteiger partial charge in [-0.15, -0.1) is 0 Å². The molecule has 0 heterocycles. The Balaban J connectivity index is 1.37. The van der Waals surface area contributed by atoms with Gasteiger partial charge in [0.1, 0.15) is 23.7 Å². The van der Waals surface area contributed by atoms with Gasteiger partial charge in [0.25, 0.3) is 0 Å². The first kappa shape index (κ1) is 26.6. The van der Waals surface area contributed by atoms with Gasteiger partial charge in [0.05, 0.1) is 0 Å². The quantitative estimate of drug-likeness (QED) is 0.222. The largest absolute Gasteiger partial charge is 0.489 e. The van der Waals surface area contributed by atoms with E-state index in [1.807, 2.05) is 51.1 Å². The fourth-order valence-electron chi connectivity index (χ4n) is 5.38. The van der Waals surface area contributed by atoms with Crippen LogP contribution in [0.4, 0.5) is 0 Å². The Kier molecular flexibility index (Phi) is 8.02. The van der Waals surface area contributed by atoms with Crippen molar-refractivity contribution in [3.05, 3.63) is 131 Å². The Hall–Kier alpha value is -4.05. The second-order valence-corrected chi connectivity index (χ2v) is 11.1. The molecule has 0 amide bonds. The lowest BCUT2D eigenvalue weighted by atomic mass is 9.69. The monoisotopic (exact) mass is 520 g/mol. The van der Waals surface area contributed by atoms with Gasteiger partial charge in [-0.2, -0.15) is 0 Å². The van der Waals surface area contributed by atoms with E-state index < -0.39 is 5.60 Å². The van der Waals surface area contributed by atoms with Crippen LogP contribution in [0.5, 0.6) is 11.5 Å². The van der Waals surface area contributed by atoms with Crippen LogP contribution < -0.4 is 9.47 Å². The molecule has 0 bridgehead atoms. The first-order chi connectivity index (χ1) is 18.9. The molecular weight excluding hydrogens is 484 g/mol. The van der Waals surface area contributed by atoms with E-state index in [0.29, 0.717) is 18.3 Å². The van der Waals surface area contributed by atoms with Gasteiger partial charge in [0, 0.05) is 5.92 Å². The summed E-state index contributed by atoms with van der Waals surface area (Å²) in [6.07, 6.45) is 2.06. The van der Waals surface area contributed by atoms with Gasteiger partial charge in [0.15, 0.2) is 6.61 Å². The van der Waals surface area contributed by atoms with Crippen molar-refractivity contribution in [2.24, 2.45) is 0 Å². The van der Waals surface area contributed by atoms with Gasteiger partial charge in [0.2, 0.25) is 0 Å². The fraction of sp³-hybridized carbons (Fsp3) is 0.286. The van der Waals surface area contributed by atoms with Crippen LogP contribution in [0.25, 0.3) is 0 Å². The number of fused-ring (bicyclic) bond motifs is 1. The Bertz CT molecular complexity index is 1370. The molecule has 0 fully saturated rings. The van der Waals surface area contributed by atoms with Crippen LogP contribution in [0, 0.1) is 0 Å². The molecule has 1 aliphatic rings. The molecule has 0 radical (unpaired) electrons. The molecule has 2 atom stereocenters. The third-order valence-corrected chi connectivity index (χ3v) is 7.07. The van der Waals surface area contributed by atoms with E-state index in [2.05, 4.69) is 72.8 Å². The third kappa shape index (κ3) is 6.88. The number of ether oxygens (including phenoxy) is 3. The van der Waals surface area contributed by atoms with Crippen molar-refractivity contribution in [1.29, 1.82) is 0 Å². The molecule has 0 aliphatic heterocycles. The Labute approximate surface area is 231 Å². The zero-order chi connectivity index (χ0) is 27.2. The molecule has 4 aromatic rings. The summed E-state index contributed by atoms with van der Waals surface area (Å²) in [5, 5.41) is 0. The number of benzene rings is 4. The number of hydrogen-bond donors (Lipinski definition) is 0. The first-order valence-electron chi connectivity index (χ1n) is 13.6. The predicted molar refractivity (Wildman–Crippen MR) is 154 cm³/mol. The average Bonchev–Trinajstić information content (AvgIpc) is 2.95. The van der Waals surface area contributed by atoms with Crippen LogP contribution in [0.3, 0.4) is 0 Å². The lowest BCUT2D eigenvalue weighted by Crippen LogP contribution is -2.27. The highest BCUT2D eigenvalue weighted by molar-refractivity contribution is 5.71. The van der Waals surface area contributed by atoms with Gasteiger partial charge in [-0.25, -0.2) is 4.79 Å². The number of aryl methyl sites for hydroxylation is 1. The Morgan fingerprint density at radius 2 is 1.44 bits per heavy atom. The van der Waals surface area contributed by atoms with E-state index in [1.165, 1.54) is 22.3 Å². The van der Waals surface area contributed by atoms with Gasteiger partial charge >= 0.3 is 5.97 Å². The maximum absolute atomic E-state index is 12.1. The van der Waals surface area contributed by atoms with Crippen molar-refractivity contribution in [1.82, 2.24) is 0 Å². The van der Waals surface area contributed by atoms with Crippen LogP contribution in [-0.2, 0) is 22.6 Å². The molecule has 39 heavy (non-hydrogen) atoms. The molecule has 0 saturated heterocycles. The minimum atomic E-state index is -0.530. The Morgan fingerprint density at radius 1 is 0.769 bits per heavy atom. The van der Waals surface area contributed by atoms with Gasteiger partial charge in [-0.3, -0.25) is 0 Å². The summed E-state index contributed by atoms with van der Waals surface area (Å²) < 4.78 is 17.2. The van der Waals surface area contributed by atoms with Gasteiger partial charge < -0.3 is 14.2 Å². The van der Waals surface area contributed by atoms with Crippen LogP contribution in [0.2, 0.25) is 0 Å². The van der Waals surface area contributed by atoms with E-state index >= 15 is 0 Å². The zero-order valence-electron chi connectivity index (χ0n) is 22.9. The van der Waals surface area contributed by atoms with Gasteiger partial charge in [-0.05, 0) is 91.6 Å². The summed E-state index contributed by atoms with van der Waals surface area (Å²) in [5.74, 6) is 1.76. The molecule has 0 saturated carbocycles. The number of carbonyl (C=O) groups excluding carboxylic acids is 1. The van der Waals surface area contributed by atoms with E-state index in [4.69, 9.17) is 14.2 Å². The van der Waals surface area contributed by atoms with Crippen molar-refractivity contribution >= 4 is 5.97 Å². The highest BCUT2D eigenvalue weighted by Crippen LogP contribution is 2.47. The lowest BCUT2D eigenvalue weighted by molar-refractivity contribution is -0.157. The molecular formula is C35H36O4. The van der Waals surface area contributed by atoms with E-state index in [0.717, 1.165) is 24.2 Å². The molecule has 0 aromatic heterocycles. The van der Waals surface area contributed by atoms with Crippen LogP contribution in [0.15, 0.2) is 103 Å². The predicted octanol–water partition coefficient (Wildman–Crippen LogP) is 7.85. The van der Waals surface area contributed by atoms with Crippen molar-refractivity contribution in [2.75, 3.05) is 6.61 Å². The summed E-state index contributed by atoms with van der Waals surface area (Å²) in [4.78, 5) is 12.1. The van der Waals surface area contributed by atoms with Crippen LogP contribution >= 0.6 is 0 Å². The van der Waals surface area contributed by atoms with Crippen LogP contribution in [0.1, 0.15) is 66.8 Å². The maximum Gasteiger partial charge on any atom is 0.344 e. The van der Waals surface area contributed by atoms with E-state index in [9.17, 15) is 4.79 Å². The molecule has 200 valence electrons.